The van der Waals surface area contributed by atoms with E-state index in [-0.39, 0.29) is 11.8 Å². The fourth-order valence-corrected chi connectivity index (χ4v) is 4.24. The van der Waals surface area contributed by atoms with Gasteiger partial charge in [0.2, 0.25) is 5.91 Å². The van der Waals surface area contributed by atoms with Gasteiger partial charge in [0.25, 0.3) is 5.91 Å². The summed E-state index contributed by atoms with van der Waals surface area (Å²) in [4.78, 5) is 26.2. The van der Waals surface area contributed by atoms with Crippen molar-refractivity contribution in [1.82, 2.24) is 0 Å². The maximum absolute atomic E-state index is 13.1. The first-order valence-corrected chi connectivity index (χ1v) is 10.6. The smallest absolute Gasteiger partial charge is 0.256 e. The van der Waals surface area contributed by atoms with Crippen molar-refractivity contribution in [3.63, 3.8) is 0 Å². The Bertz CT molecular complexity index is 1440. The van der Waals surface area contributed by atoms with Gasteiger partial charge in [-0.1, -0.05) is 48.6 Å². The molecule has 0 aliphatic heterocycles. The van der Waals surface area contributed by atoms with Crippen LogP contribution in [0, 0.1) is 0 Å². The molecular formula is C27H22N4O2. The molecule has 162 valence electrons. The number of hydrogen-bond donors (Lipinski definition) is 4. The van der Waals surface area contributed by atoms with Crippen LogP contribution in [0.1, 0.15) is 27.4 Å². The molecule has 0 spiro atoms. The molecule has 1 aliphatic carbocycles. The Hall–Kier alpha value is -4.58. The van der Waals surface area contributed by atoms with Crippen molar-refractivity contribution in [3.8, 4) is 0 Å². The SMILES string of the molecule is Nc1cccc(NC(=O)c2ccc3cccc4c3c2C=CC4C(=O)Nc2cccc(N)c2)c1. The van der Waals surface area contributed by atoms with E-state index in [2.05, 4.69) is 10.6 Å². The number of nitrogens with two attached hydrogens (primary N) is 2. The number of anilines is 4. The molecule has 0 aromatic heterocycles. The molecule has 1 unspecified atom stereocenters. The monoisotopic (exact) mass is 434 g/mol. The molecule has 0 saturated carbocycles. The van der Waals surface area contributed by atoms with Crippen molar-refractivity contribution in [2.45, 2.75) is 5.92 Å². The van der Waals surface area contributed by atoms with Crippen molar-refractivity contribution >= 4 is 51.4 Å². The summed E-state index contributed by atoms with van der Waals surface area (Å²) in [6.07, 6.45) is 3.68. The lowest BCUT2D eigenvalue weighted by Gasteiger charge is -2.22. The van der Waals surface area contributed by atoms with Gasteiger partial charge in [-0.2, -0.15) is 0 Å². The molecule has 4 aromatic carbocycles. The number of nitrogen functional groups attached to an aromatic ring is 2. The van der Waals surface area contributed by atoms with E-state index in [0.29, 0.717) is 28.3 Å². The van der Waals surface area contributed by atoms with Crippen LogP contribution in [-0.2, 0) is 4.79 Å². The summed E-state index contributed by atoms with van der Waals surface area (Å²) in [6.45, 7) is 0. The molecule has 0 bridgehead atoms. The molecule has 6 heteroatoms. The van der Waals surface area contributed by atoms with Gasteiger partial charge in [0.1, 0.15) is 0 Å². The van der Waals surface area contributed by atoms with Crippen LogP contribution in [0.15, 0.2) is 84.9 Å². The van der Waals surface area contributed by atoms with E-state index in [0.717, 1.165) is 21.9 Å². The Morgan fingerprint density at radius 1 is 0.758 bits per heavy atom. The lowest BCUT2D eigenvalue weighted by Crippen LogP contribution is -2.22. The first-order chi connectivity index (χ1) is 16.0. The fraction of sp³-hybridized carbons (Fsp3) is 0.0370. The van der Waals surface area contributed by atoms with Gasteiger partial charge in [-0.05, 0) is 64.4 Å². The number of carbonyl (C=O) groups excluding carboxylic acids is 2. The Morgan fingerprint density at radius 3 is 2.12 bits per heavy atom. The number of nitrogens with one attached hydrogen (secondary N) is 2. The van der Waals surface area contributed by atoms with Crippen molar-refractivity contribution < 1.29 is 9.59 Å². The first-order valence-electron chi connectivity index (χ1n) is 10.6. The summed E-state index contributed by atoms with van der Waals surface area (Å²) in [7, 11) is 0. The molecule has 33 heavy (non-hydrogen) atoms. The minimum atomic E-state index is -0.491. The number of benzene rings is 4. The number of rotatable bonds is 4. The van der Waals surface area contributed by atoms with Gasteiger partial charge in [0.15, 0.2) is 0 Å². The summed E-state index contributed by atoms with van der Waals surface area (Å²) < 4.78 is 0. The highest BCUT2D eigenvalue weighted by atomic mass is 16.2. The molecule has 6 N–H and O–H groups in total. The summed E-state index contributed by atoms with van der Waals surface area (Å²) in [5.74, 6) is -0.890. The lowest BCUT2D eigenvalue weighted by molar-refractivity contribution is -0.116. The van der Waals surface area contributed by atoms with Crippen LogP contribution in [0.4, 0.5) is 22.7 Å². The van der Waals surface area contributed by atoms with Gasteiger partial charge in [-0.15, -0.1) is 0 Å². The number of amides is 2. The quantitative estimate of drug-likeness (QED) is 0.339. The Morgan fingerprint density at radius 2 is 1.42 bits per heavy atom. The molecule has 0 radical (unpaired) electrons. The summed E-state index contributed by atoms with van der Waals surface area (Å²) in [6, 6.07) is 23.7. The Kier molecular flexibility index (Phi) is 5.03. The van der Waals surface area contributed by atoms with E-state index in [1.54, 1.807) is 54.6 Å². The molecule has 2 amide bonds. The average molecular weight is 434 g/mol. The highest BCUT2D eigenvalue weighted by Gasteiger charge is 2.26. The van der Waals surface area contributed by atoms with Crippen molar-refractivity contribution in [3.05, 3.63) is 102 Å². The second-order valence-electron chi connectivity index (χ2n) is 8.00. The third kappa shape index (κ3) is 3.90. The highest BCUT2D eigenvalue weighted by Crippen LogP contribution is 2.37. The Labute approximate surface area is 190 Å². The van der Waals surface area contributed by atoms with Gasteiger partial charge in [0.05, 0.1) is 5.92 Å². The van der Waals surface area contributed by atoms with Gasteiger partial charge in [0, 0.05) is 28.3 Å². The van der Waals surface area contributed by atoms with E-state index in [1.165, 1.54) is 0 Å². The maximum atomic E-state index is 13.1. The Balaban J connectivity index is 1.50. The molecule has 0 fully saturated rings. The maximum Gasteiger partial charge on any atom is 0.256 e. The minimum Gasteiger partial charge on any atom is -0.399 e. The largest absolute Gasteiger partial charge is 0.399 e. The van der Waals surface area contributed by atoms with Crippen LogP contribution in [-0.4, -0.2) is 11.8 Å². The minimum absolute atomic E-state index is 0.162. The van der Waals surface area contributed by atoms with Crippen LogP contribution in [0.25, 0.3) is 16.8 Å². The van der Waals surface area contributed by atoms with E-state index >= 15 is 0 Å². The zero-order chi connectivity index (χ0) is 22.9. The second-order valence-corrected chi connectivity index (χ2v) is 8.00. The third-order valence-corrected chi connectivity index (χ3v) is 5.73. The fourth-order valence-electron chi connectivity index (χ4n) is 4.24. The molecule has 6 nitrogen and oxygen atoms in total. The van der Waals surface area contributed by atoms with Crippen LogP contribution in [0.5, 0.6) is 0 Å². The van der Waals surface area contributed by atoms with Gasteiger partial charge >= 0.3 is 0 Å². The summed E-state index contributed by atoms with van der Waals surface area (Å²) in [5, 5.41) is 7.71. The standard InChI is InChI=1S/C27H22N4O2/c28-17-5-2-7-19(14-17)30-26(32)23-11-10-16-4-1-9-21-24(13-12-22(23)25(16)21)27(33)31-20-8-3-6-18(29)15-20/h1-15,24H,28-29H2,(H,30,32)(H,31,33). The van der Waals surface area contributed by atoms with E-state index in [9.17, 15) is 9.59 Å². The number of carbonyl (C=O) groups is 2. The zero-order valence-corrected chi connectivity index (χ0v) is 17.7. The van der Waals surface area contributed by atoms with Crippen LogP contribution < -0.4 is 22.1 Å². The van der Waals surface area contributed by atoms with Crippen LogP contribution >= 0.6 is 0 Å². The van der Waals surface area contributed by atoms with Gasteiger partial charge in [-0.25, -0.2) is 0 Å². The molecule has 5 rings (SSSR count). The lowest BCUT2D eigenvalue weighted by atomic mass is 9.83. The second kappa shape index (κ2) is 8.16. The van der Waals surface area contributed by atoms with Crippen LogP contribution in [0.3, 0.4) is 0 Å². The summed E-state index contributed by atoms with van der Waals surface area (Å²) in [5.41, 5.74) is 16.3. The predicted molar refractivity (Wildman–Crippen MR) is 134 cm³/mol. The molecule has 1 aliphatic rings. The molecule has 0 heterocycles. The average Bonchev–Trinajstić information content (AvgIpc) is 2.79. The molecular weight excluding hydrogens is 412 g/mol. The predicted octanol–water partition coefficient (Wildman–Crippen LogP) is 5.01. The van der Waals surface area contributed by atoms with Crippen molar-refractivity contribution in [1.29, 1.82) is 0 Å². The van der Waals surface area contributed by atoms with Crippen molar-refractivity contribution in [2.24, 2.45) is 0 Å². The highest BCUT2D eigenvalue weighted by molar-refractivity contribution is 6.13. The summed E-state index contributed by atoms with van der Waals surface area (Å²) >= 11 is 0. The van der Waals surface area contributed by atoms with E-state index in [4.69, 9.17) is 11.5 Å². The number of hydrogen-bond acceptors (Lipinski definition) is 4. The third-order valence-electron chi connectivity index (χ3n) is 5.73. The molecule has 4 aromatic rings. The van der Waals surface area contributed by atoms with E-state index < -0.39 is 5.92 Å². The van der Waals surface area contributed by atoms with Crippen LogP contribution in [0.2, 0.25) is 0 Å². The molecule has 0 saturated heterocycles. The van der Waals surface area contributed by atoms with E-state index in [1.807, 2.05) is 36.4 Å². The van der Waals surface area contributed by atoms with Crippen molar-refractivity contribution in [2.75, 3.05) is 22.1 Å². The van der Waals surface area contributed by atoms with Gasteiger partial charge in [-0.3, -0.25) is 9.59 Å². The normalized spacial score (nSPS) is 14.1. The first kappa shape index (κ1) is 20.3. The topological polar surface area (TPSA) is 110 Å². The van der Waals surface area contributed by atoms with Gasteiger partial charge < -0.3 is 22.1 Å². The zero-order valence-electron chi connectivity index (χ0n) is 17.7. The molecule has 1 atom stereocenters.